The molecule has 5 heteroatoms. The van der Waals surface area contributed by atoms with E-state index in [4.69, 9.17) is 9.15 Å². The molecule has 0 saturated heterocycles. The molecule has 0 aliphatic heterocycles. The molecule has 0 spiro atoms. The average molecular weight is 222 g/mol. The summed E-state index contributed by atoms with van der Waals surface area (Å²) in [6, 6.07) is 6.18. The largest absolute Gasteiger partial charge is 0.478 e. The molecule has 16 heavy (non-hydrogen) atoms. The molecule has 4 nitrogen and oxygen atoms in total. The molecule has 0 aliphatic carbocycles. The molecular weight excluding hydrogens is 211 g/mol. The van der Waals surface area contributed by atoms with E-state index < -0.39 is 11.9 Å². The van der Waals surface area contributed by atoms with Crippen LogP contribution < -0.4 is 4.74 Å². The molecule has 1 heterocycles. The van der Waals surface area contributed by atoms with Gasteiger partial charge >= 0.3 is 0 Å². The molecule has 1 aromatic carbocycles. The van der Waals surface area contributed by atoms with Crippen molar-refractivity contribution in [1.82, 2.24) is 10.2 Å². The van der Waals surface area contributed by atoms with Crippen molar-refractivity contribution < 1.29 is 13.5 Å². The Morgan fingerprint density at radius 3 is 2.69 bits per heavy atom. The van der Waals surface area contributed by atoms with Gasteiger partial charge < -0.3 is 9.15 Å². The van der Waals surface area contributed by atoms with E-state index in [1.54, 1.807) is 32.0 Å². The Morgan fingerprint density at radius 1 is 1.31 bits per heavy atom. The standard InChI is InChI=1S/C11H11FN2O2/c1-7(11-14-13-8(2)16-11)15-10-6-4-3-5-9(10)12/h3-7H,1-2H3/t7-/m0/s1. The number of hydrogen-bond donors (Lipinski definition) is 0. The van der Waals surface area contributed by atoms with Crippen molar-refractivity contribution in [3.8, 4) is 5.75 Å². The molecule has 2 aromatic rings. The van der Waals surface area contributed by atoms with Crippen LogP contribution in [0.5, 0.6) is 5.75 Å². The predicted molar refractivity (Wildman–Crippen MR) is 54.5 cm³/mol. The lowest BCUT2D eigenvalue weighted by Gasteiger charge is -2.11. The normalized spacial score (nSPS) is 12.4. The Balaban J connectivity index is 2.13. The van der Waals surface area contributed by atoms with Crippen molar-refractivity contribution in [3.05, 3.63) is 41.9 Å². The number of ether oxygens (including phenoxy) is 1. The van der Waals surface area contributed by atoms with Crippen LogP contribution in [-0.4, -0.2) is 10.2 Å². The molecular formula is C11H11FN2O2. The first kappa shape index (κ1) is 10.6. The van der Waals surface area contributed by atoms with Crippen LogP contribution in [-0.2, 0) is 0 Å². The van der Waals surface area contributed by atoms with Crippen LogP contribution in [0.3, 0.4) is 0 Å². The summed E-state index contributed by atoms with van der Waals surface area (Å²) in [5, 5.41) is 7.49. The fourth-order valence-corrected chi connectivity index (χ4v) is 1.26. The summed E-state index contributed by atoms with van der Waals surface area (Å²) in [6.45, 7) is 3.41. The molecule has 0 radical (unpaired) electrons. The van der Waals surface area contributed by atoms with Gasteiger partial charge in [0.15, 0.2) is 17.7 Å². The van der Waals surface area contributed by atoms with E-state index in [0.29, 0.717) is 11.8 Å². The Bertz CT molecular complexity index is 484. The van der Waals surface area contributed by atoms with Crippen molar-refractivity contribution in [2.75, 3.05) is 0 Å². The molecule has 0 unspecified atom stereocenters. The topological polar surface area (TPSA) is 48.2 Å². The van der Waals surface area contributed by atoms with Gasteiger partial charge in [0, 0.05) is 6.92 Å². The lowest BCUT2D eigenvalue weighted by Crippen LogP contribution is -2.04. The molecule has 0 amide bonds. The highest BCUT2D eigenvalue weighted by Gasteiger charge is 2.15. The highest BCUT2D eigenvalue weighted by Crippen LogP contribution is 2.23. The zero-order valence-corrected chi connectivity index (χ0v) is 8.98. The van der Waals surface area contributed by atoms with Crippen molar-refractivity contribution >= 4 is 0 Å². The number of aromatic nitrogens is 2. The van der Waals surface area contributed by atoms with Crippen molar-refractivity contribution in [2.45, 2.75) is 20.0 Å². The third-order valence-electron chi connectivity index (χ3n) is 2.03. The molecule has 0 aliphatic rings. The second kappa shape index (κ2) is 4.30. The third kappa shape index (κ3) is 2.18. The Hall–Kier alpha value is -1.91. The van der Waals surface area contributed by atoms with Gasteiger partial charge in [-0.2, -0.15) is 0 Å². The zero-order chi connectivity index (χ0) is 11.5. The highest BCUT2D eigenvalue weighted by atomic mass is 19.1. The van der Waals surface area contributed by atoms with E-state index in [-0.39, 0.29) is 5.75 Å². The summed E-state index contributed by atoms with van der Waals surface area (Å²) in [5.74, 6) is 0.552. The number of halogens is 1. The van der Waals surface area contributed by atoms with E-state index in [1.807, 2.05) is 0 Å². The molecule has 0 N–H and O–H groups in total. The van der Waals surface area contributed by atoms with Gasteiger partial charge in [0.2, 0.25) is 5.89 Å². The minimum absolute atomic E-state index is 0.172. The number of benzene rings is 1. The smallest absolute Gasteiger partial charge is 0.256 e. The Kier molecular flexibility index (Phi) is 2.85. The predicted octanol–water partition coefficient (Wildman–Crippen LogP) is 2.66. The summed E-state index contributed by atoms with van der Waals surface area (Å²) in [7, 11) is 0. The monoisotopic (exact) mass is 222 g/mol. The Labute approximate surface area is 92.1 Å². The third-order valence-corrected chi connectivity index (χ3v) is 2.03. The van der Waals surface area contributed by atoms with Crippen molar-refractivity contribution in [3.63, 3.8) is 0 Å². The maximum absolute atomic E-state index is 13.3. The second-order valence-electron chi connectivity index (χ2n) is 3.35. The van der Waals surface area contributed by atoms with Gasteiger partial charge in [0.1, 0.15) is 0 Å². The molecule has 84 valence electrons. The first-order valence-electron chi connectivity index (χ1n) is 4.88. The summed E-state index contributed by atoms with van der Waals surface area (Å²) >= 11 is 0. The number of hydrogen-bond acceptors (Lipinski definition) is 4. The molecule has 2 rings (SSSR count). The highest BCUT2D eigenvalue weighted by molar-refractivity contribution is 5.24. The maximum atomic E-state index is 13.3. The van der Waals surface area contributed by atoms with Crippen LogP contribution in [0.1, 0.15) is 24.8 Å². The van der Waals surface area contributed by atoms with Crippen LogP contribution in [0, 0.1) is 12.7 Å². The summed E-state index contributed by atoms with van der Waals surface area (Å²) in [4.78, 5) is 0. The fourth-order valence-electron chi connectivity index (χ4n) is 1.26. The van der Waals surface area contributed by atoms with E-state index in [0.717, 1.165) is 0 Å². The second-order valence-corrected chi connectivity index (χ2v) is 3.35. The van der Waals surface area contributed by atoms with Gasteiger partial charge in [-0.15, -0.1) is 10.2 Å². The first-order chi connectivity index (χ1) is 7.66. The zero-order valence-electron chi connectivity index (χ0n) is 8.98. The average Bonchev–Trinajstić information content (AvgIpc) is 2.68. The number of para-hydroxylation sites is 1. The SMILES string of the molecule is Cc1nnc([C@H](C)Oc2ccccc2F)o1. The van der Waals surface area contributed by atoms with E-state index in [1.165, 1.54) is 6.07 Å². The maximum Gasteiger partial charge on any atom is 0.256 e. The quantitative estimate of drug-likeness (QED) is 0.801. The van der Waals surface area contributed by atoms with Crippen LogP contribution in [0.25, 0.3) is 0 Å². The van der Waals surface area contributed by atoms with Gasteiger partial charge in [-0.1, -0.05) is 12.1 Å². The summed E-state index contributed by atoms with van der Waals surface area (Å²) < 4.78 is 23.8. The van der Waals surface area contributed by atoms with Crippen molar-refractivity contribution in [1.29, 1.82) is 0 Å². The van der Waals surface area contributed by atoms with E-state index >= 15 is 0 Å². The van der Waals surface area contributed by atoms with Crippen LogP contribution in [0.4, 0.5) is 4.39 Å². The minimum Gasteiger partial charge on any atom is -0.478 e. The van der Waals surface area contributed by atoms with Gasteiger partial charge in [-0.3, -0.25) is 0 Å². The van der Waals surface area contributed by atoms with Gasteiger partial charge in [0.25, 0.3) is 5.89 Å². The molecule has 0 fully saturated rings. The number of rotatable bonds is 3. The molecule has 1 atom stereocenters. The van der Waals surface area contributed by atoms with E-state index in [2.05, 4.69) is 10.2 Å². The lowest BCUT2D eigenvalue weighted by atomic mass is 10.3. The van der Waals surface area contributed by atoms with Gasteiger partial charge in [0.05, 0.1) is 0 Å². The number of nitrogens with zero attached hydrogens (tertiary/aromatic N) is 2. The fraction of sp³-hybridized carbons (Fsp3) is 0.273. The number of aryl methyl sites for hydroxylation is 1. The molecule has 1 aromatic heterocycles. The molecule has 0 saturated carbocycles. The molecule has 0 bridgehead atoms. The lowest BCUT2D eigenvalue weighted by molar-refractivity contribution is 0.179. The minimum atomic E-state index is -0.474. The Morgan fingerprint density at radius 2 is 2.06 bits per heavy atom. The van der Waals surface area contributed by atoms with Gasteiger partial charge in [-0.05, 0) is 19.1 Å². The summed E-state index contributed by atoms with van der Waals surface area (Å²) in [5.41, 5.74) is 0. The van der Waals surface area contributed by atoms with Gasteiger partial charge in [-0.25, -0.2) is 4.39 Å². The van der Waals surface area contributed by atoms with Crippen LogP contribution >= 0.6 is 0 Å². The first-order valence-corrected chi connectivity index (χ1v) is 4.88. The van der Waals surface area contributed by atoms with Crippen LogP contribution in [0.15, 0.2) is 28.7 Å². The van der Waals surface area contributed by atoms with E-state index in [9.17, 15) is 4.39 Å². The van der Waals surface area contributed by atoms with Crippen molar-refractivity contribution in [2.24, 2.45) is 0 Å². The summed E-state index contributed by atoms with van der Waals surface area (Å²) in [6.07, 6.45) is -0.474. The van der Waals surface area contributed by atoms with Crippen LogP contribution in [0.2, 0.25) is 0 Å².